The molecule has 2 aliphatic heterocycles. The van der Waals surface area contributed by atoms with Crippen LogP contribution in [0.1, 0.15) is 30.0 Å². The molecule has 1 aromatic heterocycles. The highest BCUT2D eigenvalue weighted by Gasteiger charge is 2.43. The number of rotatable bonds is 3. The van der Waals surface area contributed by atoms with Gasteiger partial charge in [0.05, 0.1) is 12.1 Å². The minimum Gasteiger partial charge on any atom is -0.475 e. The second kappa shape index (κ2) is 9.92. The van der Waals surface area contributed by atoms with Crippen LogP contribution in [0.3, 0.4) is 0 Å². The fourth-order valence-electron chi connectivity index (χ4n) is 3.47. The maximum atomic E-state index is 11.9. The van der Waals surface area contributed by atoms with E-state index in [9.17, 15) is 18.0 Å². The molecular formula is C18H27F3N4O4S. The lowest BCUT2D eigenvalue weighted by molar-refractivity contribution is -0.192. The standard InChI is InChI=1S/C16H26N4O2S.C2HF3O2/c1-12-10-23-14(17-12)9-20-6-5-16(11-20)8-13(4-7-22-16)18-15(21)19(2)3;3-2(4,5)1(6)7/h10,13H,4-9,11H2,1-3H3,(H,18,21);(H,6,7)/t13-,16-;/m1./s1. The minimum absolute atomic E-state index is 0.0137. The summed E-state index contributed by atoms with van der Waals surface area (Å²) >= 11 is 1.73. The number of carboxylic acids is 1. The predicted octanol–water partition coefficient (Wildman–Crippen LogP) is 2.48. The lowest BCUT2D eigenvalue weighted by Gasteiger charge is -2.38. The van der Waals surface area contributed by atoms with Crippen molar-refractivity contribution in [1.29, 1.82) is 0 Å². The van der Waals surface area contributed by atoms with Gasteiger partial charge < -0.3 is 20.1 Å². The van der Waals surface area contributed by atoms with E-state index in [1.807, 2.05) is 6.92 Å². The van der Waals surface area contributed by atoms with Gasteiger partial charge in [0.15, 0.2) is 0 Å². The molecule has 1 spiro atoms. The number of nitrogens with zero attached hydrogens (tertiary/aromatic N) is 3. The van der Waals surface area contributed by atoms with Gasteiger partial charge in [0, 0.05) is 50.9 Å². The number of thiazole rings is 1. The molecule has 2 amide bonds. The molecule has 2 atom stereocenters. The molecule has 8 nitrogen and oxygen atoms in total. The second-order valence-electron chi connectivity index (χ2n) is 7.71. The Hall–Kier alpha value is -1.92. The number of hydrogen-bond acceptors (Lipinski definition) is 6. The third kappa shape index (κ3) is 7.10. The van der Waals surface area contributed by atoms with Gasteiger partial charge in [-0.3, -0.25) is 4.90 Å². The number of halogens is 3. The Labute approximate surface area is 177 Å². The van der Waals surface area contributed by atoms with Crippen LogP contribution in [0, 0.1) is 6.92 Å². The molecule has 0 aromatic carbocycles. The first kappa shape index (κ1) is 24.4. The molecule has 30 heavy (non-hydrogen) atoms. The van der Waals surface area contributed by atoms with E-state index in [4.69, 9.17) is 14.6 Å². The highest BCUT2D eigenvalue weighted by molar-refractivity contribution is 7.09. The molecule has 2 aliphatic rings. The molecule has 2 fully saturated rings. The largest absolute Gasteiger partial charge is 0.490 e. The Kier molecular flexibility index (Phi) is 8.06. The Bertz CT molecular complexity index is 743. The summed E-state index contributed by atoms with van der Waals surface area (Å²) in [7, 11) is 3.55. The molecular weight excluding hydrogens is 425 g/mol. The van der Waals surface area contributed by atoms with Gasteiger partial charge in [0.25, 0.3) is 0 Å². The van der Waals surface area contributed by atoms with E-state index < -0.39 is 12.1 Å². The van der Waals surface area contributed by atoms with E-state index in [0.717, 1.165) is 51.2 Å². The normalized spacial score (nSPS) is 24.3. The molecule has 2 saturated heterocycles. The molecule has 0 radical (unpaired) electrons. The van der Waals surface area contributed by atoms with Crippen LogP contribution >= 0.6 is 11.3 Å². The summed E-state index contributed by atoms with van der Waals surface area (Å²) in [5.74, 6) is -2.76. The molecule has 3 heterocycles. The zero-order valence-electron chi connectivity index (χ0n) is 17.2. The Morgan fingerprint density at radius 2 is 2.13 bits per heavy atom. The SMILES string of the molecule is Cc1csc(CN2CC[C@@]3(C[C@H](NC(=O)N(C)C)CCO3)C2)n1.O=C(O)C(F)(F)F. The van der Waals surface area contributed by atoms with Crippen molar-refractivity contribution in [3.05, 3.63) is 16.1 Å². The number of alkyl halides is 3. The van der Waals surface area contributed by atoms with Gasteiger partial charge in [-0.15, -0.1) is 11.3 Å². The van der Waals surface area contributed by atoms with Gasteiger partial charge in [-0.05, 0) is 26.2 Å². The van der Waals surface area contributed by atoms with E-state index in [0.29, 0.717) is 0 Å². The Morgan fingerprint density at radius 3 is 2.67 bits per heavy atom. The number of likely N-dealkylation sites (tertiary alicyclic amines) is 1. The highest BCUT2D eigenvalue weighted by Crippen LogP contribution is 2.35. The summed E-state index contributed by atoms with van der Waals surface area (Å²) in [6.07, 6.45) is -2.25. The number of ether oxygens (including phenoxy) is 1. The number of nitrogens with one attached hydrogen (secondary N) is 1. The molecule has 1 aromatic rings. The molecule has 0 saturated carbocycles. The quantitative estimate of drug-likeness (QED) is 0.732. The van der Waals surface area contributed by atoms with Gasteiger partial charge in [0.2, 0.25) is 0 Å². The first-order valence-corrected chi connectivity index (χ1v) is 10.3. The number of aromatic nitrogens is 1. The summed E-state index contributed by atoms with van der Waals surface area (Å²) in [5, 5.41) is 13.5. The van der Waals surface area contributed by atoms with E-state index in [1.54, 1.807) is 30.3 Å². The molecule has 0 aliphatic carbocycles. The van der Waals surface area contributed by atoms with Gasteiger partial charge in [0.1, 0.15) is 5.01 Å². The lowest BCUT2D eigenvalue weighted by Crippen LogP contribution is -2.51. The van der Waals surface area contributed by atoms with Gasteiger partial charge in [-0.25, -0.2) is 14.6 Å². The number of carbonyl (C=O) groups is 2. The molecule has 3 rings (SSSR count). The number of urea groups is 1. The highest BCUT2D eigenvalue weighted by atomic mass is 32.1. The van der Waals surface area contributed by atoms with E-state index in [1.165, 1.54) is 5.01 Å². The summed E-state index contributed by atoms with van der Waals surface area (Å²) in [6.45, 7) is 5.63. The maximum absolute atomic E-state index is 11.9. The van der Waals surface area contributed by atoms with Crippen LogP contribution in [0.25, 0.3) is 0 Å². The average molecular weight is 452 g/mol. The molecule has 12 heteroatoms. The number of aryl methyl sites for hydroxylation is 1. The van der Waals surface area contributed by atoms with Crippen LogP contribution in [0.5, 0.6) is 0 Å². The maximum Gasteiger partial charge on any atom is 0.490 e. The van der Waals surface area contributed by atoms with Crippen molar-refractivity contribution in [2.75, 3.05) is 33.8 Å². The van der Waals surface area contributed by atoms with Crippen molar-refractivity contribution >= 4 is 23.3 Å². The van der Waals surface area contributed by atoms with Crippen LogP contribution in [0.4, 0.5) is 18.0 Å². The van der Waals surface area contributed by atoms with Crippen LogP contribution in [0.15, 0.2) is 5.38 Å². The second-order valence-corrected chi connectivity index (χ2v) is 8.65. The first-order chi connectivity index (χ1) is 13.9. The van der Waals surface area contributed by atoms with Crippen LogP contribution in [-0.4, -0.2) is 83.5 Å². The Balaban J connectivity index is 0.000000396. The topological polar surface area (TPSA) is 95.0 Å². The zero-order valence-corrected chi connectivity index (χ0v) is 18.0. The summed E-state index contributed by atoms with van der Waals surface area (Å²) < 4.78 is 37.9. The van der Waals surface area contributed by atoms with Crippen LogP contribution in [-0.2, 0) is 16.1 Å². The number of amides is 2. The number of hydrogen-bond donors (Lipinski definition) is 2. The minimum atomic E-state index is -5.08. The average Bonchev–Trinajstić information content (AvgIpc) is 3.21. The van der Waals surface area contributed by atoms with Crippen molar-refractivity contribution < 1.29 is 32.6 Å². The number of carbonyl (C=O) groups excluding carboxylic acids is 1. The molecule has 0 bridgehead atoms. The van der Waals surface area contributed by atoms with Gasteiger partial charge >= 0.3 is 18.2 Å². The van der Waals surface area contributed by atoms with Crippen molar-refractivity contribution in [1.82, 2.24) is 20.1 Å². The third-order valence-corrected chi connectivity index (χ3v) is 5.84. The van der Waals surface area contributed by atoms with Gasteiger partial charge in [-0.2, -0.15) is 13.2 Å². The van der Waals surface area contributed by atoms with Crippen molar-refractivity contribution in [2.24, 2.45) is 0 Å². The van der Waals surface area contributed by atoms with Crippen molar-refractivity contribution in [3.8, 4) is 0 Å². The summed E-state index contributed by atoms with van der Waals surface area (Å²) in [4.78, 5) is 29.3. The first-order valence-electron chi connectivity index (χ1n) is 9.45. The Morgan fingerprint density at radius 1 is 1.47 bits per heavy atom. The summed E-state index contributed by atoms with van der Waals surface area (Å²) in [6, 6.07) is 0.195. The molecule has 0 unspecified atom stereocenters. The van der Waals surface area contributed by atoms with Crippen LogP contribution in [0.2, 0.25) is 0 Å². The molecule has 2 N–H and O–H groups in total. The lowest BCUT2D eigenvalue weighted by atomic mass is 9.89. The zero-order chi connectivity index (χ0) is 22.5. The van der Waals surface area contributed by atoms with E-state index in [2.05, 4.69) is 20.6 Å². The number of carboxylic acid groups (broad SMARTS) is 1. The van der Waals surface area contributed by atoms with E-state index >= 15 is 0 Å². The number of aliphatic carboxylic acids is 1. The third-order valence-electron chi connectivity index (χ3n) is 4.89. The van der Waals surface area contributed by atoms with Crippen molar-refractivity contribution in [3.63, 3.8) is 0 Å². The predicted molar refractivity (Wildman–Crippen MR) is 104 cm³/mol. The van der Waals surface area contributed by atoms with E-state index in [-0.39, 0.29) is 17.7 Å². The smallest absolute Gasteiger partial charge is 0.475 e. The summed E-state index contributed by atoms with van der Waals surface area (Å²) in [5.41, 5.74) is 0.994. The fraction of sp³-hybridized carbons (Fsp3) is 0.722. The molecule has 170 valence electrons. The monoisotopic (exact) mass is 452 g/mol. The van der Waals surface area contributed by atoms with Gasteiger partial charge in [-0.1, -0.05) is 0 Å². The van der Waals surface area contributed by atoms with Crippen LogP contribution < -0.4 is 5.32 Å². The van der Waals surface area contributed by atoms with Crippen molar-refractivity contribution in [2.45, 2.75) is 50.6 Å². The fourth-order valence-corrected chi connectivity index (χ4v) is 4.28.